The van der Waals surface area contributed by atoms with Crippen molar-refractivity contribution in [3.63, 3.8) is 0 Å². The zero-order valence-electron chi connectivity index (χ0n) is 15.1. The zero-order valence-corrected chi connectivity index (χ0v) is 15.1. The molecule has 5 nitrogen and oxygen atoms in total. The number of nitrogens with zero attached hydrogens (tertiary/aromatic N) is 1. The normalized spacial score (nSPS) is 10.8. The van der Waals surface area contributed by atoms with Crippen molar-refractivity contribution in [1.82, 2.24) is 4.98 Å². The van der Waals surface area contributed by atoms with Gasteiger partial charge in [0.25, 0.3) is 0 Å². The molecule has 1 aromatic heterocycles. The van der Waals surface area contributed by atoms with E-state index >= 15 is 0 Å². The molecule has 0 atom stereocenters. The molecule has 0 N–H and O–H groups in total. The number of rotatable bonds is 7. The van der Waals surface area contributed by atoms with Gasteiger partial charge in [-0.3, -0.25) is 0 Å². The molecule has 0 radical (unpaired) electrons. The first-order valence-corrected chi connectivity index (χ1v) is 8.60. The Morgan fingerprint density at radius 2 is 1.81 bits per heavy atom. The van der Waals surface area contributed by atoms with E-state index in [2.05, 4.69) is 18.8 Å². The summed E-state index contributed by atoms with van der Waals surface area (Å²) in [5, 5.41) is 0. The number of carbonyl (C=O) groups is 1. The third kappa shape index (κ3) is 5.17. The van der Waals surface area contributed by atoms with E-state index in [0.29, 0.717) is 28.8 Å². The van der Waals surface area contributed by atoms with Gasteiger partial charge in [0.05, 0.1) is 0 Å². The maximum absolute atomic E-state index is 12.9. The maximum Gasteiger partial charge on any atom is 0.344 e. The van der Waals surface area contributed by atoms with E-state index in [-0.39, 0.29) is 19.0 Å². The monoisotopic (exact) mass is 369 g/mol. The van der Waals surface area contributed by atoms with Crippen LogP contribution < -0.4 is 4.74 Å². The lowest BCUT2D eigenvalue weighted by molar-refractivity contribution is -0.147. The Kier molecular flexibility index (Phi) is 5.86. The average Bonchev–Trinajstić information content (AvgIpc) is 3.14. The highest BCUT2D eigenvalue weighted by Crippen LogP contribution is 2.20. The van der Waals surface area contributed by atoms with Crippen LogP contribution >= 0.6 is 0 Å². The smallest absolute Gasteiger partial charge is 0.344 e. The Morgan fingerprint density at radius 1 is 1.11 bits per heavy atom. The van der Waals surface area contributed by atoms with Gasteiger partial charge < -0.3 is 13.9 Å². The minimum Gasteiger partial charge on any atom is -0.482 e. The van der Waals surface area contributed by atoms with Crippen LogP contribution in [0.1, 0.15) is 31.0 Å². The summed E-state index contributed by atoms with van der Waals surface area (Å²) in [5.41, 5.74) is 2.30. The van der Waals surface area contributed by atoms with Crippen LogP contribution in [0.5, 0.6) is 5.75 Å². The molecule has 140 valence electrons. The van der Waals surface area contributed by atoms with Gasteiger partial charge in [0.15, 0.2) is 6.61 Å². The minimum atomic E-state index is -0.505. The number of carbonyl (C=O) groups excluding carboxylic acids is 1. The van der Waals surface area contributed by atoms with Crippen LogP contribution in [-0.2, 0) is 16.1 Å². The molecular formula is C21H20FNO4. The van der Waals surface area contributed by atoms with Crippen molar-refractivity contribution >= 4 is 5.97 Å². The highest BCUT2D eigenvalue weighted by atomic mass is 19.1. The predicted octanol–water partition coefficient (Wildman–Crippen LogP) is 4.73. The summed E-state index contributed by atoms with van der Waals surface area (Å²) in [7, 11) is 0. The number of oxazole rings is 1. The summed E-state index contributed by atoms with van der Waals surface area (Å²) in [6.07, 6.45) is 1.40. The molecular weight excluding hydrogens is 349 g/mol. The van der Waals surface area contributed by atoms with Crippen molar-refractivity contribution in [3.05, 3.63) is 71.9 Å². The summed E-state index contributed by atoms with van der Waals surface area (Å²) in [5.74, 6) is 0.540. The molecule has 0 bridgehead atoms. The molecule has 0 aliphatic rings. The van der Waals surface area contributed by atoms with Gasteiger partial charge in [0.2, 0.25) is 5.89 Å². The Balaban J connectivity index is 1.47. The van der Waals surface area contributed by atoms with Gasteiger partial charge in [-0.15, -0.1) is 0 Å². The van der Waals surface area contributed by atoms with E-state index in [9.17, 15) is 9.18 Å². The first-order chi connectivity index (χ1) is 13.0. The van der Waals surface area contributed by atoms with Gasteiger partial charge in [0, 0.05) is 5.56 Å². The lowest BCUT2D eigenvalue weighted by Gasteiger charge is -2.08. The molecule has 0 aliphatic carbocycles. The maximum atomic E-state index is 12.9. The van der Waals surface area contributed by atoms with E-state index in [4.69, 9.17) is 13.9 Å². The molecule has 0 saturated heterocycles. The lowest BCUT2D eigenvalue weighted by atomic mass is 10.0. The first kappa shape index (κ1) is 18.6. The van der Waals surface area contributed by atoms with Gasteiger partial charge >= 0.3 is 5.97 Å². The van der Waals surface area contributed by atoms with Crippen LogP contribution in [0, 0.1) is 5.82 Å². The molecule has 3 rings (SSSR count). The molecule has 3 aromatic rings. The number of benzene rings is 2. The predicted molar refractivity (Wildman–Crippen MR) is 97.7 cm³/mol. The first-order valence-electron chi connectivity index (χ1n) is 8.60. The van der Waals surface area contributed by atoms with E-state index in [1.165, 1.54) is 24.0 Å². The van der Waals surface area contributed by atoms with Crippen LogP contribution in [-0.4, -0.2) is 17.6 Å². The number of ether oxygens (including phenoxy) is 2. The van der Waals surface area contributed by atoms with E-state index in [1.807, 2.05) is 24.3 Å². The van der Waals surface area contributed by atoms with E-state index < -0.39 is 5.97 Å². The Morgan fingerprint density at radius 3 is 2.48 bits per heavy atom. The van der Waals surface area contributed by atoms with E-state index in [1.54, 1.807) is 12.1 Å². The largest absolute Gasteiger partial charge is 0.482 e. The third-order valence-corrected chi connectivity index (χ3v) is 3.93. The molecule has 0 aliphatic heterocycles. The second kappa shape index (κ2) is 8.49. The van der Waals surface area contributed by atoms with Crippen molar-refractivity contribution < 1.29 is 23.1 Å². The summed E-state index contributed by atoms with van der Waals surface area (Å²) < 4.78 is 28.8. The SMILES string of the molecule is CC(C)c1ccc(OCC(=O)OCc2coc(-c3ccc(F)cc3)n2)cc1. The highest BCUT2D eigenvalue weighted by molar-refractivity contribution is 5.71. The number of halogens is 1. The van der Waals surface area contributed by atoms with Crippen molar-refractivity contribution in [1.29, 1.82) is 0 Å². The van der Waals surface area contributed by atoms with Crippen LogP contribution in [0.15, 0.2) is 59.2 Å². The molecule has 2 aromatic carbocycles. The minimum absolute atomic E-state index is 0.0286. The van der Waals surface area contributed by atoms with Crippen LogP contribution in [0.3, 0.4) is 0 Å². The fraction of sp³-hybridized carbons (Fsp3) is 0.238. The van der Waals surface area contributed by atoms with Gasteiger partial charge in [-0.1, -0.05) is 26.0 Å². The van der Waals surface area contributed by atoms with Crippen molar-refractivity contribution in [3.8, 4) is 17.2 Å². The Bertz CT molecular complexity index is 885. The fourth-order valence-electron chi connectivity index (χ4n) is 2.39. The van der Waals surface area contributed by atoms with Gasteiger partial charge in [-0.05, 0) is 47.9 Å². The lowest BCUT2D eigenvalue weighted by Crippen LogP contribution is -2.14. The summed E-state index contributed by atoms with van der Waals surface area (Å²) in [6, 6.07) is 13.4. The van der Waals surface area contributed by atoms with Crippen molar-refractivity contribution in [2.24, 2.45) is 0 Å². The quantitative estimate of drug-likeness (QED) is 0.564. The molecule has 0 unspecified atom stereocenters. The van der Waals surface area contributed by atoms with Crippen LogP contribution in [0.2, 0.25) is 0 Å². The molecule has 0 spiro atoms. The number of aromatic nitrogens is 1. The average molecular weight is 369 g/mol. The molecule has 1 heterocycles. The van der Waals surface area contributed by atoms with Crippen LogP contribution in [0.4, 0.5) is 4.39 Å². The van der Waals surface area contributed by atoms with Gasteiger partial charge in [-0.2, -0.15) is 0 Å². The molecule has 27 heavy (non-hydrogen) atoms. The summed E-state index contributed by atoms with van der Waals surface area (Å²) >= 11 is 0. The van der Waals surface area contributed by atoms with Gasteiger partial charge in [-0.25, -0.2) is 14.2 Å². The van der Waals surface area contributed by atoms with Crippen LogP contribution in [0.25, 0.3) is 11.5 Å². The highest BCUT2D eigenvalue weighted by Gasteiger charge is 2.10. The standard InChI is InChI=1S/C21H20FNO4/c1-14(2)15-5-9-19(10-6-15)25-13-20(24)26-11-18-12-27-21(23-18)16-3-7-17(22)8-4-16/h3-10,12,14H,11,13H2,1-2H3. The summed E-state index contributed by atoms with van der Waals surface area (Å²) in [6.45, 7) is 4.00. The Labute approximate surface area is 156 Å². The zero-order chi connectivity index (χ0) is 19.2. The van der Waals surface area contributed by atoms with Crippen molar-refractivity contribution in [2.45, 2.75) is 26.4 Å². The molecule has 0 amide bonds. The third-order valence-electron chi connectivity index (χ3n) is 3.93. The topological polar surface area (TPSA) is 61.6 Å². The van der Waals surface area contributed by atoms with Crippen molar-refractivity contribution in [2.75, 3.05) is 6.61 Å². The number of hydrogen-bond donors (Lipinski definition) is 0. The molecule has 0 fully saturated rings. The van der Waals surface area contributed by atoms with E-state index in [0.717, 1.165) is 0 Å². The number of hydrogen-bond acceptors (Lipinski definition) is 5. The molecule has 6 heteroatoms. The van der Waals surface area contributed by atoms with Gasteiger partial charge in [0.1, 0.15) is 30.1 Å². The molecule has 0 saturated carbocycles. The Hall–Kier alpha value is -3.15. The second-order valence-electron chi connectivity index (χ2n) is 6.32. The fourth-order valence-corrected chi connectivity index (χ4v) is 2.39. The number of esters is 1. The second-order valence-corrected chi connectivity index (χ2v) is 6.32. The summed E-state index contributed by atoms with van der Waals surface area (Å²) in [4.78, 5) is 16.1.